The highest BCUT2D eigenvalue weighted by Crippen LogP contribution is 2.24. The van der Waals surface area contributed by atoms with Gasteiger partial charge in [-0.3, -0.25) is 9.69 Å². The van der Waals surface area contributed by atoms with Crippen LogP contribution in [0.25, 0.3) is 0 Å². The normalized spacial score (nSPS) is 23.9. The molecule has 1 aliphatic carbocycles. The first-order valence-electron chi connectivity index (χ1n) is 7.96. The number of carbonyl (C=O) groups excluding carboxylic acids is 1. The van der Waals surface area contributed by atoms with Crippen LogP contribution >= 0.6 is 0 Å². The van der Waals surface area contributed by atoms with Gasteiger partial charge in [0, 0.05) is 50.6 Å². The van der Waals surface area contributed by atoms with Gasteiger partial charge in [0.15, 0.2) is 0 Å². The lowest BCUT2D eigenvalue weighted by atomic mass is 9.89. The van der Waals surface area contributed by atoms with Crippen molar-refractivity contribution >= 4 is 5.78 Å². The van der Waals surface area contributed by atoms with Crippen molar-refractivity contribution in [1.82, 2.24) is 9.80 Å². The Labute approximate surface area is 118 Å². The van der Waals surface area contributed by atoms with Crippen molar-refractivity contribution in [2.45, 2.75) is 58.9 Å². The second-order valence-electron chi connectivity index (χ2n) is 7.24. The van der Waals surface area contributed by atoms with Crippen LogP contribution in [0, 0.1) is 5.41 Å². The lowest BCUT2D eigenvalue weighted by Gasteiger charge is -2.38. The van der Waals surface area contributed by atoms with Crippen molar-refractivity contribution in [1.29, 1.82) is 0 Å². The van der Waals surface area contributed by atoms with Crippen molar-refractivity contribution < 1.29 is 4.79 Å². The Bertz CT molecular complexity index is 294. The van der Waals surface area contributed by atoms with Crippen LogP contribution in [-0.2, 0) is 4.79 Å². The molecule has 1 aliphatic heterocycles. The van der Waals surface area contributed by atoms with Gasteiger partial charge < -0.3 is 4.90 Å². The summed E-state index contributed by atoms with van der Waals surface area (Å²) in [6.45, 7) is 11.7. The fourth-order valence-electron chi connectivity index (χ4n) is 3.26. The van der Waals surface area contributed by atoms with Crippen molar-refractivity contribution in [2.24, 2.45) is 5.41 Å². The summed E-state index contributed by atoms with van der Waals surface area (Å²) in [5.41, 5.74) is -0.175. The van der Waals surface area contributed by atoms with E-state index in [-0.39, 0.29) is 5.41 Å². The molecule has 0 aromatic rings. The van der Waals surface area contributed by atoms with Crippen LogP contribution in [0.1, 0.15) is 52.9 Å². The predicted molar refractivity (Wildman–Crippen MR) is 79.3 cm³/mol. The summed E-state index contributed by atoms with van der Waals surface area (Å²) in [6.07, 6.45) is 6.37. The van der Waals surface area contributed by atoms with Gasteiger partial charge in [0.1, 0.15) is 5.78 Å². The molecule has 2 aliphatic rings. The molecule has 1 saturated carbocycles. The zero-order valence-corrected chi connectivity index (χ0v) is 13.0. The first kappa shape index (κ1) is 15.0. The molecule has 0 N–H and O–H groups in total. The zero-order chi connectivity index (χ0) is 13.9. The van der Waals surface area contributed by atoms with Crippen molar-refractivity contribution in [3.05, 3.63) is 0 Å². The third kappa shape index (κ3) is 4.28. The Kier molecular flexibility index (Phi) is 5.02. The summed E-state index contributed by atoms with van der Waals surface area (Å²) in [4.78, 5) is 17.1. The molecule has 0 aromatic carbocycles. The van der Waals surface area contributed by atoms with Crippen molar-refractivity contribution in [2.75, 3.05) is 32.7 Å². The standard InChI is InChI=1S/C16H30N2O/c1-16(2,3)15(19)8-9-17-10-12-18(13-11-17)14-6-4-5-7-14/h14H,4-13H2,1-3H3. The maximum absolute atomic E-state index is 11.9. The van der Waals surface area contributed by atoms with Gasteiger partial charge >= 0.3 is 0 Å². The minimum atomic E-state index is -0.175. The molecule has 0 unspecified atom stereocenters. The molecule has 110 valence electrons. The average molecular weight is 266 g/mol. The second kappa shape index (κ2) is 6.36. The fourth-order valence-corrected chi connectivity index (χ4v) is 3.26. The molecule has 0 atom stereocenters. The van der Waals surface area contributed by atoms with Gasteiger partial charge in [-0.05, 0) is 12.8 Å². The predicted octanol–water partition coefficient (Wildman–Crippen LogP) is 2.55. The molecule has 19 heavy (non-hydrogen) atoms. The first-order chi connectivity index (χ1) is 8.97. The molecule has 0 amide bonds. The van der Waals surface area contributed by atoms with E-state index in [1.54, 1.807) is 0 Å². The maximum Gasteiger partial charge on any atom is 0.139 e. The molecule has 3 nitrogen and oxygen atoms in total. The summed E-state index contributed by atoms with van der Waals surface area (Å²) >= 11 is 0. The molecule has 2 rings (SSSR count). The molecule has 0 radical (unpaired) electrons. The summed E-state index contributed by atoms with van der Waals surface area (Å²) in [6, 6.07) is 0.860. The summed E-state index contributed by atoms with van der Waals surface area (Å²) in [7, 11) is 0. The Morgan fingerprint density at radius 3 is 2.16 bits per heavy atom. The van der Waals surface area contributed by atoms with E-state index in [1.165, 1.54) is 38.8 Å². The van der Waals surface area contributed by atoms with Crippen LogP contribution in [-0.4, -0.2) is 54.3 Å². The highest BCUT2D eigenvalue weighted by atomic mass is 16.1. The number of rotatable bonds is 4. The van der Waals surface area contributed by atoms with Crippen LogP contribution in [0.5, 0.6) is 0 Å². The molecule has 1 saturated heterocycles. The van der Waals surface area contributed by atoms with Crippen LogP contribution in [0.3, 0.4) is 0 Å². The molecular weight excluding hydrogens is 236 g/mol. The number of ketones is 1. The lowest BCUT2D eigenvalue weighted by molar-refractivity contribution is -0.126. The van der Waals surface area contributed by atoms with Gasteiger partial charge in [-0.25, -0.2) is 0 Å². The number of hydrogen-bond acceptors (Lipinski definition) is 3. The largest absolute Gasteiger partial charge is 0.300 e. The van der Waals surface area contributed by atoms with E-state index < -0.39 is 0 Å². The average Bonchev–Trinajstić information content (AvgIpc) is 2.89. The lowest BCUT2D eigenvalue weighted by Crippen LogP contribution is -2.50. The van der Waals surface area contributed by atoms with Crippen LogP contribution in [0.15, 0.2) is 0 Å². The second-order valence-corrected chi connectivity index (χ2v) is 7.24. The van der Waals surface area contributed by atoms with Gasteiger partial charge in [0.2, 0.25) is 0 Å². The monoisotopic (exact) mass is 266 g/mol. The number of hydrogen-bond donors (Lipinski definition) is 0. The number of nitrogens with zero attached hydrogens (tertiary/aromatic N) is 2. The number of carbonyl (C=O) groups is 1. The van der Waals surface area contributed by atoms with Crippen molar-refractivity contribution in [3.8, 4) is 0 Å². The Balaban J connectivity index is 1.67. The molecule has 3 heteroatoms. The smallest absolute Gasteiger partial charge is 0.139 e. The number of Topliss-reactive ketones (excluding diaryl/α,β-unsaturated/α-hetero) is 1. The Morgan fingerprint density at radius 1 is 1.05 bits per heavy atom. The minimum absolute atomic E-state index is 0.175. The Morgan fingerprint density at radius 2 is 1.63 bits per heavy atom. The van der Waals surface area contributed by atoms with E-state index in [0.717, 1.165) is 25.7 Å². The summed E-state index contributed by atoms with van der Waals surface area (Å²) in [5, 5.41) is 0. The minimum Gasteiger partial charge on any atom is -0.300 e. The van der Waals surface area contributed by atoms with Crippen molar-refractivity contribution in [3.63, 3.8) is 0 Å². The SMILES string of the molecule is CC(C)(C)C(=O)CCN1CCN(C2CCCC2)CC1. The quantitative estimate of drug-likeness (QED) is 0.781. The van der Waals surface area contributed by atoms with E-state index >= 15 is 0 Å². The molecule has 0 spiro atoms. The third-order valence-corrected chi connectivity index (χ3v) is 4.74. The summed E-state index contributed by atoms with van der Waals surface area (Å²) in [5.74, 6) is 0.394. The zero-order valence-electron chi connectivity index (χ0n) is 13.0. The van der Waals surface area contributed by atoms with E-state index in [1.807, 2.05) is 20.8 Å². The molecular formula is C16H30N2O. The van der Waals surface area contributed by atoms with Crippen LogP contribution < -0.4 is 0 Å². The fraction of sp³-hybridized carbons (Fsp3) is 0.938. The van der Waals surface area contributed by atoms with E-state index in [4.69, 9.17) is 0 Å². The van der Waals surface area contributed by atoms with Gasteiger partial charge in [0.25, 0.3) is 0 Å². The van der Waals surface area contributed by atoms with Gasteiger partial charge in [-0.2, -0.15) is 0 Å². The Hall–Kier alpha value is -0.410. The molecule has 0 aromatic heterocycles. The van der Waals surface area contributed by atoms with Gasteiger partial charge in [-0.1, -0.05) is 33.6 Å². The van der Waals surface area contributed by atoms with E-state index in [0.29, 0.717) is 12.2 Å². The topological polar surface area (TPSA) is 23.6 Å². The highest BCUT2D eigenvalue weighted by Gasteiger charge is 2.27. The summed E-state index contributed by atoms with van der Waals surface area (Å²) < 4.78 is 0. The van der Waals surface area contributed by atoms with E-state index in [2.05, 4.69) is 9.80 Å². The maximum atomic E-state index is 11.9. The van der Waals surface area contributed by atoms with Crippen LogP contribution in [0.2, 0.25) is 0 Å². The van der Waals surface area contributed by atoms with Gasteiger partial charge in [0.05, 0.1) is 0 Å². The third-order valence-electron chi connectivity index (χ3n) is 4.74. The molecule has 2 fully saturated rings. The number of piperazine rings is 1. The van der Waals surface area contributed by atoms with E-state index in [9.17, 15) is 4.79 Å². The van der Waals surface area contributed by atoms with Crippen LogP contribution in [0.4, 0.5) is 0 Å². The molecule has 1 heterocycles. The molecule has 0 bridgehead atoms. The first-order valence-corrected chi connectivity index (χ1v) is 7.96. The van der Waals surface area contributed by atoms with Gasteiger partial charge in [-0.15, -0.1) is 0 Å². The highest BCUT2D eigenvalue weighted by molar-refractivity contribution is 5.83.